The van der Waals surface area contributed by atoms with Gasteiger partial charge in [0, 0.05) is 6.92 Å². The van der Waals surface area contributed by atoms with Crippen LogP contribution in [-0.2, 0) is 15.7 Å². The van der Waals surface area contributed by atoms with Crippen LogP contribution in [0.15, 0.2) is 0 Å². The summed E-state index contributed by atoms with van der Waals surface area (Å²) in [6, 6.07) is 0. The lowest BCUT2D eigenvalue weighted by Gasteiger charge is -2.04. The van der Waals surface area contributed by atoms with Crippen molar-refractivity contribution in [1.82, 2.24) is 4.98 Å². The van der Waals surface area contributed by atoms with Gasteiger partial charge in [-0.1, -0.05) is 11.3 Å². The number of carbonyl (C=O) groups excluding carboxylic acids is 2. The molecular formula is C9H9F3N2O3S. The fourth-order valence-corrected chi connectivity index (χ4v) is 1.98. The van der Waals surface area contributed by atoms with E-state index in [0.717, 1.165) is 6.92 Å². The maximum absolute atomic E-state index is 12.6. The summed E-state index contributed by atoms with van der Waals surface area (Å²) >= 11 is 0.425. The van der Waals surface area contributed by atoms with Crippen LogP contribution in [0.25, 0.3) is 0 Å². The van der Waals surface area contributed by atoms with Crippen molar-refractivity contribution < 1.29 is 27.5 Å². The van der Waals surface area contributed by atoms with Gasteiger partial charge in [0.25, 0.3) is 0 Å². The van der Waals surface area contributed by atoms with Crippen molar-refractivity contribution in [2.75, 3.05) is 11.9 Å². The number of amides is 1. The second-order valence-corrected chi connectivity index (χ2v) is 4.10. The summed E-state index contributed by atoms with van der Waals surface area (Å²) in [4.78, 5) is 24.6. The van der Waals surface area contributed by atoms with Gasteiger partial charge in [0.2, 0.25) is 5.91 Å². The van der Waals surface area contributed by atoms with Gasteiger partial charge >= 0.3 is 12.1 Å². The fourth-order valence-electron chi connectivity index (χ4n) is 1.05. The Morgan fingerprint density at radius 3 is 2.50 bits per heavy atom. The van der Waals surface area contributed by atoms with Crippen molar-refractivity contribution in [1.29, 1.82) is 0 Å². The molecule has 0 radical (unpaired) electrons. The first kappa shape index (κ1) is 14.4. The Kier molecular flexibility index (Phi) is 4.28. The smallest absolute Gasteiger partial charge is 0.435 e. The highest BCUT2D eigenvalue weighted by atomic mass is 32.1. The number of carbonyl (C=O) groups is 2. The fraction of sp³-hybridized carbons (Fsp3) is 0.444. The first-order chi connectivity index (χ1) is 8.25. The number of nitrogens with zero attached hydrogens (tertiary/aromatic N) is 1. The maximum atomic E-state index is 12.6. The Bertz CT molecular complexity index is 470. The van der Waals surface area contributed by atoms with Crippen LogP contribution >= 0.6 is 11.3 Å². The Morgan fingerprint density at radius 1 is 1.44 bits per heavy atom. The monoisotopic (exact) mass is 282 g/mol. The predicted octanol–water partition coefficient (Wildman–Crippen LogP) is 2.30. The molecular weight excluding hydrogens is 273 g/mol. The summed E-state index contributed by atoms with van der Waals surface area (Å²) in [5.41, 5.74) is -1.35. The highest BCUT2D eigenvalue weighted by molar-refractivity contribution is 7.17. The normalized spacial score (nSPS) is 11.2. The van der Waals surface area contributed by atoms with E-state index >= 15 is 0 Å². The van der Waals surface area contributed by atoms with E-state index in [1.165, 1.54) is 6.92 Å². The van der Waals surface area contributed by atoms with Gasteiger partial charge < -0.3 is 10.1 Å². The van der Waals surface area contributed by atoms with Crippen molar-refractivity contribution in [3.8, 4) is 0 Å². The van der Waals surface area contributed by atoms with Gasteiger partial charge in [-0.05, 0) is 6.92 Å². The third kappa shape index (κ3) is 3.42. The number of rotatable bonds is 3. The topological polar surface area (TPSA) is 68.3 Å². The lowest BCUT2D eigenvalue weighted by Crippen LogP contribution is -2.13. The van der Waals surface area contributed by atoms with Gasteiger partial charge in [-0.3, -0.25) is 4.79 Å². The van der Waals surface area contributed by atoms with E-state index in [1.54, 1.807) is 0 Å². The lowest BCUT2D eigenvalue weighted by atomic mass is 10.3. The number of ether oxygens (including phenoxy) is 1. The molecule has 0 spiro atoms. The Labute approximate surface area is 104 Å². The molecule has 0 saturated carbocycles. The molecule has 0 atom stereocenters. The number of hydrogen-bond acceptors (Lipinski definition) is 5. The standard InChI is InChI=1S/C9H9F3N2O3S/c1-3-17-7(16)5-6(9(10,11)12)14-8(18-5)13-4(2)15/h3H2,1-2H3,(H,13,14,15). The molecule has 1 rings (SSSR count). The number of aromatic nitrogens is 1. The summed E-state index contributed by atoms with van der Waals surface area (Å²) in [6.07, 6.45) is -4.78. The average Bonchev–Trinajstić information content (AvgIpc) is 2.60. The Hall–Kier alpha value is -1.64. The Balaban J connectivity index is 3.17. The summed E-state index contributed by atoms with van der Waals surface area (Å²) < 4.78 is 42.4. The minimum Gasteiger partial charge on any atom is -0.462 e. The number of halogens is 3. The van der Waals surface area contributed by atoms with Crippen LogP contribution in [0.2, 0.25) is 0 Å². The average molecular weight is 282 g/mol. The molecule has 1 aromatic rings. The van der Waals surface area contributed by atoms with Crippen molar-refractivity contribution in [2.45, 2.75) is 20.0 Å². The highest BCUT2D eigenvalue weighted by Gasteiger charge is 2.40. The largest absolute Gasteiger partial charge is 0.462 e. The zero-order valence-electron chi connectivity index (χ0n) is 9.42. The van der Waals surface area contributed by atoms with E-state index in [2.05, 4.69) is 15.0 Å². The molecule has 0 fully saturated rings. The maximum Gasteiger partial charge on any atom is 0.435 e. The molecule has 0 saturated heterocycles. The molecule has 0 bridgehead atoms. The van der Waals surface area contributed by atoms with E-state index in [9.17, 15) is 22.8 Å². The van der Waals surface area contributed by atoms with Gasteiger partial charge in [0.15, 0.2) is 10.8 Å². The predicted molar refractivity (Wildman–Crippen MR) is 57.4 cm³/mol. The van der Waals surface area contributed by atoms with E-state index < -0.39 is 28.6 Å². The molecule has 0 aliphatic carbocycles. The molecule has 100 valence electrons. The molecule has 1 aromatic heterocycles. The van der Waals surface area contributed by atoms with Crippen LogP contribution in [0, 0.1) is 0 Å². The van der Waals surface area contributed by atoms with Crippen LogP contribution in [0.1, 0.15) is 29.2 Å². The quantitative estimate of drug-likeness (QED) is 0.864. The van der Waals surface area contributed by atoms with Crippen LogP contribution in [0.4, 0.5) is 18.3 Å². The van der Waals surface area contributed by atoms with Gasteiger partial charge in [0.1, 0.15) is 4.88 Å². The van der Waals surface area contributed by atoms with Crippen LogP contribution in [0.5, 0.6) is 0 Å². The summed E-state index contributed by atoms with van der Waals surface area (Å²) in [5.74, 6) is -1.69. The molecule has 0 aliphatic heterocycles. The number of esters is 1. The second kappa shape index (κ2) is 5.34. The Morgan fingerprint density at radius 2 is 2.06 bits per heavy atom. The van der Waals surface area contributed by atoms with Crippen LogP contribution in [-0.4, -0.2) is 23.5 Å². The molecule has 1 N–H and O–H groups in total. The van der Waals surface area contributed by atoms with E-state index in [-0.39, 0.29) is 11.7 Å². The number of anilines is 1. The summed E-state index contributed by atoms with van der Waals surface area (Å²) in [5, 5.41) is 1.80. The molecule has 0 unspecified atom stereocenters. The second-order valence-electron chi connectivity index (χ2n) is 3.10. The molecule has 5 nitrogen and oxygen atoms in total. The van der Waals surface area contributed by atoms with Crippen molar-refractivity contribution in [2.24, 2.45) is 0 Å². The summed E-state index contributed by atoms with van der Waals surface area (Å²) in [7, 11) is 0. The first-order valence-electron chi connectivity index (χ1n) is 4.78. The molecule has 0 aliphatic rings. The van der Waals surface area contributed by atoms with Crippen molar-refractivity contribution >= 4 is 28.3 Å². The van der Waals surface area contributed by atoms with E-state index in [0.29, 0.717) is 11.3 Å². The molecule has 0 aromatic carbocycles. The van der Waals surface area contributed by atoms with Gasteiger partial charge in [-0.25, -0.2) is 9.78 Å². The summed E-state index contributed by atoms with van der Waals surface area (Å²) in [6.45, 7) is 2.54. The number of nitrogens with one attached hydrogen (secondary N) is 1. The number of thiazole rings is 1. The first-order valence-corrected chi connectivity index (χ1v) is 5.60. The zero-order chi connectivity index (χ0) is 13.9. The number of alkyl halides is 3. The minimum absolute atomic E-state index is 0.0521. The van der Waals surface area contributed by atoms with Gasteiger partial charge in [-0.2, -0.15) is 13.2 Å². The third-order valence-electron chi connectivity index (χ3n) is 1.64. The van der Waals surface area contributed by atoms with E-state index in [4.69, 9.17) is 0 Å². The van der Waals surface area contributed by atoms with Gasteiger partial charge in [-0.15, -0.1) is 0 Å². The van der Waals surface area contributed by atoms with E-state index in [1.807, 2.05) is 0 Å². The van der Waals surface area contributed by atoms with Crippen LogP contribution < -0.4 is 5.32 Å². The SMILES string of the molecule is CCOC(=O)c1sc(NC(C)=O)nc1C(F)(F)F. The minimum atomic E-state index is -4.78. The van der Waals surface area contributed by atoms with Gasteiger partial charge in [0.05, 0.1) is 6.61 Å². The van der Waals surface area contributed by atoms with Crippen molar-refractivity contribution in [3.63, 3.8) is 0 Å². The lowest BCUT2D eigenvalue weighted by molar-refractivity contribution is -0.141. The van der Waals surface area contributed by atoms with Crippen molar-refractivity contribution in [3.05, 3.63) is 10.6 Å². The third-order valence-corrected chi connectivity index (χ3v) is 2.59. The molecule has 1 heterocycles. The highest BCUT2D eigenvalue weighted by Crippen LogP contribution is 2.36. The van der Waals surface area contributed by atoms with Crippen LogP contribution in [0.3, 0.4) is 0 Å². The molecule has 18 heavy (non-hydrogen) atoms. The molecule has 1 amide bonds. The zero-order valence-corrected chi connectivity index (χ0v) is 10.2. The molecule has 9 heteroatoms. The number of hydrogen-bond donors (Lipinski definition) is 1.